The normalized spacial score (nSPS) is 23.6. The summed E-state index contributed by atoms with van der Waals surface area (Å²) in [6.07, 6.45) is 3.14. The molecule has 1 amide bonds. The molecule has 7 heteroatoms. The van der Waals surface area contributed by atoms with Crippen LogP contribution in [0.4, 0.5) is 5.82 Å². The van der Waals surface area contributed by atoms with Crippen LogP contribution in [0.5, 0.6) is 0 Å². The molecule has 0 radical (unpaired) electrons. The summed E-state index contributed by atoms with van der Waals surface area (Å²) >= 11 is 0. The Kier molecular flexibility index (Phi) is 3.50. The Balaban J connectivity index is 1.79. The number of carbonyl (C=O) groups excluding carboxylic acids is 1. The van der Waals surface area contributed by atoms with Crippen LogP contribution in [0.1, 0.15) is 30.7 Å². The Bertz CT molecular complexity index is 623. The topological polar surface area (TPSA) is 95.4 Å². The smallest absolute Gasteiger partial charge is 0.309 e. The van der Waals surface area contributed by atoms with Gasteiger partial charge in [0.05, 0.1) is 11.5 Å². The van der Waals surface area contributed by atoms with Gasteiger partial charge in [0.2, 0.25) is 5.91 Å². The first-order chi connectivity index (χ1) is 10.4. The van der Waals surface area contributed by atoms with E-state index in [1.807, 2.05) is 13.8 Å². The second kappa shape index (κ2) is 5.23. The van der Waals surface area contributed by atoms with Crippen LogP contribution in [0, 0.1) is 19.8 Å². The zero-order valence-corrected chi connectivity index (χ0v) is 12.8. The maximum atomic E-state index is 11.7. The number of hydrogen-bond acceptors (Lipinski definition) is 5. The molecule has 2 aliphatic rings. The van der Waals surface area contributed by atoms with E-state index in [4.69, 9.17) is 0 Å². The highest BCUT2D eigenvalue weighted by atomic mass is 16.4. The predicted molar refractivity (Wildman–Crippen MR) is 79.6 cm³/mol. The number of rotatable bonds is 2. The van der Waals surface area contributed by atoms with Gasteiger partial charge in [0.25, 0.3) is 0 Å². The molecule has 22 heavy (non-hydrogen) atoms. The summed E-state index contributed by atoms with van der Waals surface area (Å²) in [7, 11) is 0. The van der Waals surface area contributed by atoms with Gasteiger partial charge in [-0.2, -0.15) is 0 Å². The van der Waals surface area contributed by atoms with Crippen molar-refractivity contribution in [2.45, 2.75) is 38.6 Å². The number of carboxylic acid groups (broad SMARTS) is 1. The van der Waals surface area contributed by atoms with Crippen LogP contribution in [0.2, 0.25) is 0 Å². The quantitative estimate of drug-likeness (QED) is 0.833. The van der Waals surface area contributed by atoms with Crippen LogP contribution < -0.4 is 10.2 Å². The number of carboxylic acids is 1. The van der Waals surface area contributed by atoms with Crippen molar-refractivity contribution in [3.05, 3.63) is 17.6 Å². The standard InChI is InChI=1S/C15H20N4O3/c1-9-8-16-10(2)17-13(9)19-5-3-15(4-6-19)11(14(21)22)7-12(20)18-15/h8,11H,3-7H2,1-2H3,(H,18,20)(H,21,22)/t11-/m0/s1. The summed E-state index contributed by atoms with van der Waals surface area (Å²) in [5.41, 5.74) is 0.404. The van der Waals surface area contributed by atoms with Crippen molar-refractivity contribution < 1.29 is 14.7 Å². The highest BCUT2D eigenvalue weighted by molar-refractivity contribution is 5.88. The maximum absolute atomic E-state index is 11.7. The maximum Gasteiger partial charge on any atom is 0.309 e. The third-order valence-electron chi connectivity index (χ3n) is 4.76. The highest BCUT2D eigenvalue weighted by Crippen LogP contribution is 2.38. The average molecular weight is 304 g/mol. The van der Waals surface area contributed by atoms with E-state index in [9.17, 15) is 14.7 Å². The van der Waals surface area contributed by atoms with E-state index < -0.39 is 17.4 Å². The molecule has 0 aromatic carbocycles. The van der Waals surface area contributed by atoms with E-state index in [2.05, 4.69) is 20.2 Å². The van der Waals surface area contributed by atoms with E-state index >= 15 is 0 Å². The number of amides is 1. The second-order valence-electron chi connectivity index (χ2n) is 6.21. The number of hydrogen-bond donors (Lipinski definition) is 2. The van der Waals surface area contributed by atoms with Crippen LogP contribution >= 0.6 is 0 Å². The van der Waals surface area contributed by atoms with Gasteiger partial charge in [0.1, 0.15) is 11.6 Å². The minimum absolute atomic E-state index is 0.0843. The van der Waals surface area contributed by atoms with E-state index in [1.54, 1.807) is 6.20 Å². The minimum atomic E-state index is -0.888. The number of aliphatic carboxylic acids is 1. The van der Waals surface area contributed by atoms with Gasteiger partial charge in [-0.3, -0.25) is 9.59 Å². The molecule has 1 atom stereocenters. The van der Waals surface area contributed by atoms with Crippen molar-refractivity contribution in [2.24, 2.45) is 5.92 Å². The second-order valence-corrected chi connectivity index (χ2v) is 6.21. The summed E-state index contributed by atoms with van der Waals surface area (Å²) < 4.78 is 0. The molecule has 2 fully saturated rings. The van der Waals surface area contributed by atoms with Crippen LogP contribution in [0.15, 0.2) is 6.20 Å². The van der Waals surface area contributed by atoms with Gasteiger partial charge < -0.3 is 15.3 Å². The molecule has 2 N–H and O–H groups in total. The zero-order valence-electron chi connectivity index (χ0n) is 12.8. The molecule has 1 aromatic heterocycles. The van der Waals surface area contributed by atoms with Crippen LogP contribution in [-0.2, 0) is 9.59 Å². The van der Waals surface area contributed by atoms with Crippen molar-refractivity contribution in [3.63, 3.8) is 0 Å². The Morgan fingerprint density at radius 1 is 1.41 bits per heavy atom. The molecule has 1 spiro atoms. The summed E-state index contributed by atoms with van der Waals surface area (Å²) in [5.74, 6) is -0.0526. The molecule has 0 unspecified atom stereocenters. The summed E-state index contributed by atoms with van der Waals surface area (Å²) in [6.45, 7) is 5.19. The third-order valence-corrected chi connectivity index (χ3v) is 4.76. The molecule has 1 aromatic rings. The number of carbonyl (C=O) groups is 2. The SMILES string of the molecule is Cc1ncc(C)c(N2CCC3(CC2)NC(=O)C[C@H]3C(=O)O)n1. The lowest BCUT2D eigenvalue weighted by atomic mass is 9.77. The molecular formula is C15H20N4O3. The van der Waals surface area contributed by atoms with Gasteiger partial charge in [-0.1, -0.05) is 0 Å². The molecule has 0 aliphatic carbocycles. The molecule has 3 rings (SSSR count). The van der Waals surface area contributed by atoms with E-state index in [0.29, 0.717) is 25.9 Å². The van der Waals surface area contributed by atoms with Crippen molar-refractivity contribution in [3.8, 4) is 0 Å². The number of aryl methyl sites for hydroxylation is 2. The molecule has 2 aliphatic heterocycles. The van der Waals surface area contributed by atoms with Gasteiger partial charge in [0, 0.05) is 31.3 Å². The molecule has 118 valence electrons. The van der Waals surface area contributed by atoms with E-state index in [0.717, 1.165) is 17.2 Å². The Labute approximate surface area is 128 Å². The Morgan fingerprint density at radius 3 is 2.73 bits per heavy atom. The predicted octanol–water partition coefficient (Wildman–Crippen LogP) is 0.653. The lowest BCUT2D eigenvalue weighted by Gasteiger charge is -2.42. The molecular weight excluding hydrogens is 284 g/mol. The number of nitrogens with zero attached hydrogens (tertiary/aromatic N) is 3. The third kappa shape index (κ3) is 2.40. The summed E-state index contributed by atoms with van der Waals surface area (Å²) in [5, 5.41) is 12.3. The first-order valence-corrected chi connectivity index (χ1v) is 7.50. The number of piperidine rings is 1. The molecule has 0 saturated carbocycles. The van der Waals surface area contributed by atoms with Crippen LogP contribution in [0.3, 0.4) is 0 Å². The number of anilines is 1. The first-order valence-electron chi connectivity index (χ1n) is 7.50. The first kappa shape index (κ1) is 14.7. The highest BCUT2D eigenvalue weighted by Gasteiger charge is 2.51. The van der Waals surface area contributed by atoms with Gasteiger partial charge >= 0.3 is 5.97 Å². The molecule has 3 heterocycles. The average Bonchev–Trinajstić information content (AvgIpc) is 2.79. The summed E-state index contributed by atoms with van der Waals surface area (Å²) in [4.78, 5) is 33.9. The lowest BCUT2D eigenvalue weighted by molar-refractivity contribution is -0.144. The van der Waals surface area contributed by atoms with E-state index in [1.165, 1.54) is 0 Å². The zero-order chi connectivity index (χ0) is 15.9. The van der Waals surface area contributed by atoms with Crippen molar-refractivity contribution in [2.75, 3.05) is 18.0 Å². The van der Waals surface area contributed by atoms with Crippen molar-refractivity contribution in [1.29, 1.82) is 0 Å². The number of nitrogens with one attached hydrogen (secondary N) is 1. The van der Waals surface area contributed by atoms with Crippen LogP contribution in [0.25, 0.3) is 0 Å². The van der Waals surface area contributed by atoms with Crippen molar-refractivity contribution in [1.82, 2.24) is 15.3 Å². The lowest BCUT2D eigenvalue weighted by Crippen LogP contribution is -2.56. The van der Waals surface area contributed by atoms with Gasteiger partial charge in [-0.25, -0.2) is 9.97 Å². The monoisotopic (exact) mass is 304 g/mol. The fraction of sp³-hybridized carbons (Fsp3) is 0.600. The minimum Gasteiger partial charge on any atom is -0.481 e. The Morgan fingerprint density at radius 2 is 2.09 bits per heavy atom. The Hall–Kier alpha value is -2.18. The van der Waals surface area contributed by atoms with Gasteiger partial charge in [-0.05, 0) is 26.7 Å². The summed E-state index contributed by atoms with van der Waals surface area (Å²) in [6, 6.07) is 0. The van der Waals surface area contributed by atoms with Crippen LogP contribution in [-0.4, -0.2) is 45.6 Å². The molecule has 7 nitrogen and oxygen atoms in total. The van der Waals surface area contributed by atoms with Crippen molar-refractivity contribution >= 4 is 17.7 Å². The fourth-order valence-corrected chi connectivity index (χ4v) is 3.55. The molecule has 0 bridgehead atoms. The van der Waals surface area contributed by atoms with Gasteiger partial charge in [0.15, 0.2) is 0 Å². The largest absolute Gasteiger partial charge is 0.481 e. The van der Waals surface area contributed by atoms with E-state index in [-0.39, 0.29) is 12.3 Å². The molecule has 2 saturated heterocycles. The number of aromatic nitrogens is 2. The fourth-order valence-electron chi connectivity index (χ4n) is 3.55. The van der Waals surface area contributed by atoms with Gasteiger partial charge in [-0.15, -0.1) is 0 Å².